The molecule has 0 aromatic carbocycles. The highest BCUT2D eigenvalue weighted by molar-refractivity contribution is 9.14. The summed E-state index contributed by atoms with van der Waals surface area (Å²) in [4.78, 5) is 38.4. The lowest BCUT2D eigenvalue weighted by Gasteiger charge is -2.32. The van der Waals surface area contributed by atoms with Gasteiger partial charge in [0.2, 0.25) is 5.91 Å². The number of hydrogen-bond donors (Lipinski definition) is 3. The number of hydrogen-bond acceptors (Lipinski definition) is 8. The summed E-state index contributed by atoms with van der Waals surface area (Å²) in [6.07, 6.45) is 8.81. The van der Waals surface area contributed by atoms with Crippen molar-refractivity contribution in [1.29, 1.82) is 0 Å². The number of nitrogens with zero attached hydrogens (tertiary/aromatic N) is 2. The number of carbonyl (C=O) groups excluding carboxylic acids is 3. The van der Waals surface area contributed by atoms with Gasteiger partial charge in [0.1, 0.15) is 0 Å². The highest BCUT2D eigenvalue weighted by atomic mass is 79.9. The molecule has 8 nitrogen and oxygen atoms in total. The Bertz CT molecular complexity index is 624. The predicted molar refractivity (Wildman–Crippen MR) is 107 cm³/mol. The first-order valence-corrected chi connectivity index (χ1v) is 10.8. The SMILES string of the molecule is C[C@H](N)C(=O)N(C(=O)CCCC1CCCCC1)C(=O)C1(O)SC(Br)=CN1N. The number of rotatable bonds is 6. The Labute approximate surface area is 171 Å². The van der Waals surface area contributed by atoms with E-state index in [1.54, 1.807) is 0 Å². The summed E-state index contributed by atoms with van der Waals surface area (Å²) in [5.41, 5.74) is 5.61. The Morgan fingerprint density at radius 3 is 2.56 bits per heavy atom. The van der Waals surface area contributed by atoms with Gasteiger partial charge in [-0.3, -0.25) is 19.4 Å². The van der Waals surface area contributed by atoms with Gasteiger partial charge in [0.05, 0.1) is 9.86 Å². The molecule has 1 saturated carbocycles. The van der Waals surface area contributed by atoms with Crippen molar-refractivity contribution in [3.05, 3.63) is 10.0 Å². The normalized spacial score (nSPS) is 24.5. The fourth-order valence-electron chi connectivity index (χ4n) is 3.38. The minimum absolute atomic E-state index is 0.0423. The molecule has 2 aliphatic rings. The highest BCUT2D eigenvalue weighted by Crippen LogP contribution is 2.42. The van der Waals surface area contributed by atoms with Gasteiger partial charge in [0.25, 0.3) is 11.0 Å². The summed E-state index contributed by atoms with van der Waals surface area (Å²) in [6.45, 7) is 1.39. The Hall–Kier alpha value is -0.940. The molecule has 3 amide bonds. The first-order valence-electron chi connectivity index (χ1n) is 9.16. The van der Waals surface area contributed by atoms with E-state index in [-0.39, 0.29) is 6.42 Å². The summed E-state index contributed by atoms with van der Waals surface area (Å²) in [7, 11) is 0. The van der Waals surface area contributed by atoms with Gasteiger partial charge in [0.15, 0.2) is 0 Å². The van der Waals surface area contributed by atoms with Crippen LogP contribution in [0, 0.1) is 5.92 Å². The van der Waals surface area contributed by atoms with Crippen molar-refractivity contribution in [2.24, 2.45) is 17.5 Å². The third-order valence-corrected chi connectivity index (χ3v) is 6.56. The standard InChI is InChI=1S/C17H27BrN4O4S/c1-11(19)15(24)22(16(25)17(26)21(20)10-13(18)27-17)14(23)9-5-8-12-6-3-2-4-7-12/h10-12,26H,2-9,19-20H2,1H3/t11-,17?/m0/s1. The highest BCUT2D eigenvalue weighted by Gasteiger charge is 2.51. The van der Waals surface area contributed by atoms with Gasteiger partial charge in [-0.2, -0.15) is 0 Å². The van der Waals surface area contributed by atoms with E-state index in [0.29, 0.717) is 32.8 Å². The number of aliphatic hydroxyl groups is 1. The summed E-state index contributed by atoms with van der Waals surface area (Å²) >= 11 is 3.84. The largest absolute Gasteiger partial charge is 0.354 e. The van der Waals surface area contributed by atoms with Crippen LogP contribution in [0.2, 0.25) is 0 Å². The van der Waals surface area contributed by atoms with E-state index in [0.717, 1.165) is 24.3 Å². The summed E-state index contributed by atoms with van der Waals surface area (Å²) < 4.78 is 0.402. The van der Waals surface area contributed by atoms with Crippen LogP contribution in [-0.4, -0.2) is 43.8 Å². The van der Waals surface area contributed by atoms with Crippen molar-refractivity contribution in [1.82, 2.24) is 9.91 Å². The van der Waals surface area contributed by atoms with E-state index in [2.05, 4.69) is 15.9 Å². The summed E-state index contributed by atoms with van der Waals surface area (Å²) in [5.74, 6) is 3.64. The van der Waals surface area contributed by atoms with Gasteiger partial charge >= 0.3 is 5.91 Å². The van der Waals surface area contributed by atoms with Crippen LogP contribution in [0.5, 0.6) is 0 Å². The van der Waals surface area contributed by atoms with Crippen molar-refractivity contribution in [2.75, 3.05) is 0 Å². The van der Waals surface area contributed by atoms with Crippen LogP contribution in [0.4, 0.5) is 0 Å². The Morgan fingerprint density at radius 2 is 2.04 bits per heavy atom. The second kappa shape index (κ2) is 9.51. The Morgan fingerprint density at radius 1 is 1.41 bits per heavy atom. The van der Waals surface area contributed by atoms with E-state index < -0.39 is 28.8 Å². The number of nitrogens with two attached hydrogens (primary N) is 2. The van der Waals surface area contributed by atoms with Crippen LogP contribution in [-0.2, 0) is 14.4 Å². The van der Waals surface area contributed by atoms with E-state index in [1.807, 2.05) is 0 Å². The molecule has 1 heterocycles. The molecular formula is C17H27BrN4O4S. The van der Waals surface area contributed by atoms with Gasteiger partial charge in [0, 0.05) is 12.6 Å². The smallest absolute Gasteiger partial charge is 0.302 e. The molecule has 2 atom stereocenters. The quantitative estimate of drug-likeness (QED) is 0.508. The van der Waals surface area contributed by atoms with Crippen LogP contribution in [0.1, 0.15) is 58.3 Å². The molecule has 0 aromatic heterocycles. The molecular weight excluding hydrogens is 436 g/mol. The number of thioether (sulfide) groups is 1. The molecule has 0 saturated heterocycles. The third kappa shape index (κ3) is 5.32. The van der Waals surface area contributed by atoms with E-state index >= 15 is 0 Å². The third-order valence-electron chi connectivity index (χ3n) is 4.90. The minimum Gasteiger partial charge on any atom is -0.354 e. The molecule has 1 fully saturated rings. The van der Waals surface area contributed by atoms with Gasteiger partial charge < -0.3 is 10.8 Å². The van der Waals surface area contributed by atoms with Crippen molar-refractivity contribution >= 4 is 45.4 Å². The Balaban J connectivity index is 2.06. The minimum atomic E-state index is -2.28. The maximum Gasteiger partial charge on any atom is 0.302 e. The molecule has 10 heteroatoms. The maximum atomic E-state index is 12.9. The van der Waals surface area contributed by atoms with Crippen molar-refractivity contribution in [2.45, 2.75) is 69.4 Å². The molecule has 0 spiro atoms. The molecule has 27 heavy (non-hydrogen) atoms. The van der Waals surface area contributed by atoms with Gasteiger partial charge in [-0.05, 0) is 53.4 Å². The lowest BCUT2D eigenvalue weighted by molar-refractivity contribution is -0.166. The van der Waals surface area contributed by atoms with Gasteiger partial charge in [-0.1, -0.05) is 32.1 Å². The first kappa shape index (κ1) is 22.4. The average Bonchev–Trinajstić information content (AvgIpc) is 2.88. The van der Waals surface area contributed by atoms with Crippen LogP contribution in [0.25, 0.3) is 0 Å². The monoisotopic (exact) mass is 462 g/mol. The van der Waals surface area contributed by atoms with Crippen molar-refractivity contribution in [3.8, 4) is 0 Å². The number of imide groups is 3. The topological polar surface area (TPSA) is 130 Å². The molecule has 5 N–H and O–H groups in total. The maximum absolute atomic E-state index is 12.9. The fraction of sp³-hybridized carbons (Fsp3) is 0.706. The molecule has 0 radical (unpaired) electrons. The van der Waals surface area contributed by atoms with E-state index in [9.17, 15) is 19.5 Å². The Kier molecular flexibility index (Phi) is 7.87. The van der Waals surface area contributed by atoms with Gasteiger partial charge in [-0.25, -0.2) is 10.7 Å². The molecule has 0 aromatic rings. The number of hydrazine groups is 1. The van der Waals surface area contributed by atoms with Crippen LogP contribution < -0.4 is 11.6 Å². The van der Waals surface area contributed by atoms with Crippen LogP contribution >= 0.6 is 27.7 Å². The lowest BCUT2D eigenvalue weighted by Crippen LogP contribution is -2.61. The van der Waals surface area contributed by atoms with E-state index in [1.165, 1.54) is 32.4 Å². The van der Waals surface area contributed by atoms with Crippen LogP contribution in [0.15, 0.2) is 10.0 Å². The first-order chi connectivity index (χ1) is 12.7. The van der Waals surface area contributed by atoms with Crippen molar-refractivity contribution < 1.29 is 19.5 Å². The van der Waals surface area contributed by atoms with Crippen molar-refractivity contribution in [3.63, 3.8) is 0 Å². The fourth-order valence-corrected chi connectivity index (χ4v) is 5.05. The zero-order valence-electron chi connectivity index (χ0n) is 15.4. The zero-order valence-corrected chi connectivity index (χ0v) is 17.8. The molecule has 2 rings (SSSR count). The number of halogens is 1. The number of amides is 3. The summed E-state index contributed by atoms with van der Waals surface area (Å²) in [6, 6.07) is -1.06. The second-order valence-corrected chi connectivity index (χ2v) is 9.70. The van der Waals surface area contributed by atoms with Crippen LogP contribution in [0.3, 0.4) is 0 Å². The van der Waals surface area contributed by atoms with E-state index in [4.69, 9.17) is 11.6 Å². The lowest BCUT2D eigenvalue weighted by atomic mass is 9.86. The van der Waals surface area contributed by atoms with Gasteiger partial charge in [-0.15, -0.1) is 0 Å². The molecule has 152 valence electrons. The second-order valence-electron chi connectivity index (χ2n) is 7.11. The predicted octanol–water partition coefficient (Wildman–Crippen LogP) is 1.73. The summed E-state index contributed by atoms with van der Waals surface area (Å²) in [5, 5.41) is 9.11. The molecule has 1 unspecified atom stereocenters. The number of carbonyl (C=O) groups is 3. The molecule has 1 aliphatic carbocycles. The molecule has 0 bridgehead atoms. The zero-order chi connectivity index (χ0) is 20.2. The average molecular weight is 463 g/mol. The molecule has 1 aliphatic heterocycles.